The highest BCUT2D eigenvalue weighted by atomic mass is 79.9. The zero-order chi connectivity index (χ0) is 28.7. The summed E-state index contributed by atoms with van der Waals surface area (Å²) in [5, 5.41) is 3.13. The Morgan fingerprint density at radius 1 is 0.976 bits per heavy atom. The van der Waals surface area contributed by atoms with Crippen LogP contribution in [0, 0.1) is 5.82 Å². The average Bonchev–Trinajstić information content (AvgIpc) is 3.79. The predicted octanol–water partition coefficient (Wildman–Crippen LogP) is 5.25. The van der Waals surface area contributed by atoms with Crippen LogP contribution in [-0.2, 0) is 13.5 Å². The number of piperidine rings is 1. The van der Waals surface area contributed by atoms with Gasteiger partial charge in [-0.15, -0.1) is 0 Å². The number of rotatable bonds is 8. The number of anilines is 2. The molecule has 0 amide bonds. The molecule has 0 unspecified atom stereocenters. The third kappa shape index (κ3) is 5.55. The van der Waals surface area contributed by atoms with E-state index in [-0.39, 0.29) is 28.5 Å². The molecule has 214 valence electrons. The van der Waals surface area contributed by atoms with E-state index in [0.717, 1.165) is 50.9 Å². The number of hydrogen-bond donors (Lipinski definition) is 1. The van der Waals surface area contributed by atoms with E-state index in [9.17, 15) is 18.8 Å². The Morgan fingerprint density at radius 2 is 1.76 bits per heavy atom. The van der Waals surface area contributed by atoms with Gasteiger partial charge < -0.3 is 10.2 Å². The number of aryl methyl sites for hydroxylation is 2. The molecule has 1 aliphatic carbocycles. The maximum atomic E-state index is 14.8. The highest BCUT2D eigenvalue weighted by Crippen LogP contribution is 2.34. The van der Waals surface area contributed by atoms with E-state index in [1.807, 2.05) is 24.3 Å². The molecule has 1 aliphatic heterocycles. The highest BCUT2D eigenvalue weighted by molar-refractivity contribution is 9.10. The van der Waals surface area contributed by atoms with E-state index in [4.69, 9.17) is 0 Å². The van der Waals surface area contributed by atoms with Gasteiger partial charge in [-0.2, -0.15) is 0 Å². The molecule has 1 saturated carbocycles. The maximum absolute atomic E-state index is 14.8. The Morgan fingerprint density at radius 3 is 2.49 bits per heavy atom. The molecule has 1 saturated heterocycles. The monoisotopic (exact) mass is 621 g/mol. The Balaban J connectivity index is 1.48. The minimum Gasteiger partial charge on any atom is -0.352 e. The van der Waals surface area contributed by atoms with Crippen molar-refractivity contribution in [1.29, 1.82) is 0 Å². The van der Waals surface area contributed by atoms with E-state index >= 15 is 0 Å². The first kappa shape index (κ1) is 27.7. The largest absolute Gasteiger partial charge is 0.352 e. The maximum Gasteiger partial charge on any atom is 0.337 e. The van der Waals surface area contributed by atoms with Gasteiger partial charge in [0.15, 0.2) is 0 Å². The lowest BCUT2D eigenvalue weighted by atomic mass is 10.1. The number of hydrogen-bond acceptors (Lipinski definition) is 5. The summed E-state index contributed by atoms with van der Waals surface area (Å²) >= 11 is 3.26. The fourth-order valence-electron chi connectivity index (χ4n) is 5.83. The summed E-state index contributed by atoms with van der Waals surface area (Å²) in [5.41, 5.74) is 0.742. The van der Waals surface area contributed by atoms with Gasteiger partial charge in [-0.25, -0.2) is 13.8 Å². The number of halogens is 2. The van der Waals surface area contributed by atoms with Crippen molar-refractivity contribution >= 4 is 38.3 Å². The summed E-state index contributed by atoms with van der Waals surface area (Å²) in [6.07, 6.45) is 7.14. The topological polar surface area (TPSA) is 81.3 Å². The molecule has 0 bridgehead atoms. The Labute approximate surface area is 245 Å². The van der Waals surface area contributed by atoms with Crippen LogP contribution in [-0.4, -0.2) is 38.2 Å². The summed E-state index contributed by atoms with van der Waals surface area (Å²) in [6.45, 7) is 3.34. The van der Waals surface area contributed by atoms with Crippen molar-refractivity contribution in [3.05, 3.63) is 95.6 Å². The fraction of sp³-hybridized carbons (Fsp3) is 0.387. The van der Waals surface area contributed by atoms with Crippen molar-refractivity contribution in [2.75, 3.05) is 25.0 Å². The number of nitrogens with one attached hydrogen (secondary N) is 1. The number of fused-ring (bicyclic) bond motifs is 1. The molecule has 2 aliphatic rings. The number of likely N-dealkylation sites (tertiary alicyclic amines) is 1. The lowest BCUT2D eigenvalue weighted by Crippen LogP contribution is -2.41. The quantitative estimate of drug-likeness (QED) is 0.291. The molecule has 1 N–H and O–H groups in total. The van der Waals surface area contributed by atoms with E-state index in [1.165, 1.54) is 51.2 Å². The van der Waals surface area contributed by atoms with Gasteiger partial charge in [-0.05, 0) is 94.1 Å². The molecule has 0 spiro atoms. The molecule has 10 heteroatoms. The molecule has 2 aromatic heterocycles. The molecule has 6 rings (SSSR count). The predicted molar refractivity (Wildman–Crippen MR) is 163 cm³/mol. The van der Waals surface area contributed by atoms with Crippen LogP contribution in [0.25, 0.3) is 16.7 Å². The molecule has 41 heavy (non-hydrogen) atoms. The van der Waals surface area contributed by atoms with Gasteiger partial charge in [0.25, 0.3) is 11.1 Å². The minimum absolute atomic E-state index is 0.119. The van der Waals surface area contributed by atoms with Crippen LogP contribution in [0.1, 0.15) is 50.1 Å². The minimum atomic E-state index is -0.540. The summed E-state index contributed by atoms with van der Waals surface area (Å²) in [5.74, 6) is -0.540. The third-order valence-electron chi connectivity index (χ3n) is 8.12. The second-order valence-corrected chi connectivity index (χ2v) is 12.0. The van der Waals surface area contributed by atoms with Crippen LogP contribution in [0.15, 0.2) is 67.4 Å². The first-order chi connectivity index (χ1) is 19.8. The first-order valence-electron chi connectivity index (χ1n) is 14.3. The number of benzene rings is 2. The van der Waals surface area contributed by atoms with Crippen LogP contribution < -0.4 is 22.1 Å². The molecular formula is C31H33BrFN5O3. The van der Waals surface area contributed by atoms with Crippen molar-refractivity contribution in [2.24, 2.45) is 7.05 Å². The van der Waals surface area contributed by atoms with Crippen LogP contribution in [0.2, 0.25) is 0 Å². The molecule has 0 radical (unpaired) electrons. The Kier molecular flexibility index (Phi) is 7.70. The Hall–Kier alpha value is -3.50. The van der Waals surface area contributed by atoms with Crippen molar-refractivity contribution in [3.63, 3.8) is 0 Å². The number of nitrogens with zero attached hydrogens (tertiary/aromatic N) is 4. The molecule has 0 atom stereocenters. The van der Waals surface area contributed by atoms with Gasteiger partial charge in [0.1, 0.15) is 16.9 Å². The summed E-state index contributed by atoms with van der Waals surface area (Å²) < 4.78 is 19.4. The summed E-state index contributed by atoms with van der Waals surface area (Å²) in [4.78, 5) is 43.5. The zero-order valence-electron chi connectivity index (χ0n) is 23.0. The van der Waals surface area contributed by atoms with E-state index in [2.05, 4.69) is 26.1 Å². The van der Waals surface area contributed by atoms with Gasteiger partial charge in [0.05, 0.1) is 17.1 Å². The normalized spacial score (nSPS) is 15.9. The van der Waals surface area contributed by atoms with E-state index < -0.39 is 22.6 Å². The van der Waals surface area contributed by atoms with Gasteiger partial charge in [0.2, 0.25) is 0 Å². The number of pyridine rings is 1. The Bertz CT molecular complexity index is 1800. The lowest BCUT2D eigenvalue weighted by Gasteiger charge is -2.26. The molecule has 2 aromatic carbocycles. The SMILES string of the molecule is Cn1c(=O)cc(Nc2ccc(Br)cc2F)c2c(=O)n(C3CC3)c(=O)n(-c3cccc(CCCN4CCCCC4)c3)c21. The zero-order valence-corrected chi connectivity index (χ0v) is 24.6. The van der Waals surface area contributed by atoms with Gasteiger partial charge >= 0.3 is 5.69 Å². The van der Waals surface area contributed by atoms with Crippen LogP contribution in [0.3, 0.4) is 0 Å². The highest BCUT2D eigenvalue weighted by Gasteiger charge is 2.31. The fourth-order valence-corrected chi connectivity index (χ4v) is 6.16. The van der Waals surface area contributed by atoms with Gasteiger partial charge in [0, 0.05) is 23.6 Å². The molecular weight excluding hydrogens is 589 g/mol. The second kappa shape index (κ2) is 11.4. The smallest absolute Gasteiger partial charge is 0.337 e. The second-order valence-electron chi connectivity index (χ2n) is 11.1. The van der Waals surface area contributed by atoms with E-state index in [1.54, 1.807) is 13.1 Å². The van der Waals surface area contributed by atoms with Crippen LogP contribution in [0.5, 0.6) is 0 Å². The van der Waals surface area contributed by atoms with E-state index in [0.29, 0.717) is 10.2 Å². The molecule has 8 nitrogen and oxygen atoms in total. The average molecular weight is 623 g/mol. The van der Waals surface area contributed by atoms with Gasteiger partial charge in [-0.1, -0.05) is 34.5 Å². The lowest BCUT2D eigenvalue weighted by molar-refractivity contribution is 0.226. The van der Waals surface area contributed by atoms with Crippen molar-refractivity contribution in [2.45, 2.75) is 51.0 Å². The summed E-state index contributed by atoms with van der Waals surface area (Å²) in [6, 6.07) is 13.4. The molecule has 3 heterocycles. The third-order valence-corrected chi connectivity index (χ3v) is 8.61. The van der Waals surface area contributed by atoms with Crippen LogP contribution >= 0.6 is 15.9 Å². The van der Waals surface area contributed by atoms with Crippen molar-refractivity contribution in [1.82, 2.24) is 18.6 Å². The standard InChI is InChI=1S/C31H33BrFN5O3/c1-35-27(39)19-26(34-25-13-10-21(32)18-24(25)33)28-29(35)37(31(41)38(30(28)40)22-11-12-22)23-9-5-7-20(17-23)8-6-16-36-14-3-2-4-15-36/h5,7,9-10,13,17-19,22,34H,2-4,6,8,11-12,14-16H2,1H3. The summed E-state index contributed by atoms with van der Waals surface area (Å²) in [7, 11) is 1.55. The van der Waals surface area contributed by atoms with Crippen molar-refractivity contribution < 1.29 is 4.39 Å². The van der Waals surface area contributed by atoms with Gasteiger partial charge in [-0.3, -0.25) is 18.7 Å². The molecule has 4 aromatic rings. The van der Waals surface area contributed by atoms with Crippen molar-refractivity contribution in [3.8, 4) is 5.69 Å². The first-order valence-corrected chi connectivity index (χ1v) is 15.1. The molecule has 2 fully saturated rings. The van der Waals surface area contributed by atoms with Crippen LogP contribution in [0.4, 0.5) is 15.8 Å². The number of aromatic nitrogens is 3.